The number of carbonyl (C=O) groups excluding carboxylic acids is 2. The lowest BCUT2D eigenvalue weighted by Gasteiger charge is -2.28. The van der Waals surface area contributed by atoms with E-state index < -0.39 is 0 Å². The molecule has 0 spiro atoms. The molecule has 128 valence electrons. The highest BCUT2D eigenvalue weighted by atomic mass is 16.1. The van der Waals surface area contributed by atoms with Crippen molar-refractivity contribution < 1.29 is 9.59 Å². The molecule has 0 atom stereocenters. The van der Waals surface area contributed by atoms with Gasteiger partial charge >= 0.3 is 0 Å². The molecule has 1 aromatic heterocycles. The van der Waals surface area contributed by atoms with E-state index in [0.717, 1.165) is 31.4 Å². The molecule has 1 fully saturated rings. The summed E-state index contributed by atoms with van der Waals surface area (Å²) in [6.07, 6.45) is 7.03. The fourth-order valence-corrected chi connectivity index (χ4v) is 3.24. The van der Waals surface area contributed by atoms with E-state index in [9.17, 15) is 9.59 Å². The second kappa shape index (κ2) is 7.84. The summed E-state index contributed by atoms with van der Waals surface area (Å²) in [5.41, 5.74) is 0.888. The number of aryl methyl sites for hydroxylation is 1. The van der Waals surface area contributed by atoms with Gasteiger partial charge in [0.1, 0.15) is 11.6 Å². The van der Waals surface area contributed by atoms with E-state index in [1.165, 1.54) is 0 Å². The van der Waals surface area contributed by atoms with Gasteiger partial charge in [0.15, 0.2) is 0 Å². The minimum Gasteiger partial charge on any atom is -0.299 e. The van der Waals surface area contributed by atoms with E-state index in [1.54, 1.807) is 0 Å². The summed E-state index contributed by atoms with van der Waals surface area (Å²) in [5.74, 6) is 1.10. The van der Waals surface area contributed by atoms with Gasteiger partial charge in [-0.15, -0.1) is 5.10 Å². The van der Waals surface area contributed by atoms with Crippen molar-refractivity contribution in [1.82, 2.24) is 15.0 Å². The molecule has 23 heavy (non-hydrogen) atoms. The molecule has 1 heterocycles. The van der Waals surface area contributed by atoms with Crippen molar-refractivity contribution in [2.24, 2.45) is 17.8 Å². The predicted octanol–water partition coefficient (Wildman–Crippen LogP) is 3.39. The maximum atomic E-state index is 12.1. The van der Waals surface area contributed by atoms with Crippen molar-refractivity contribution in [1.29, 1.82) is 0 Å². The van der Waals surface area contributed by atoms with Gasteiger partial charge in [-0.3, -0.25) is 9.59 Å². The van der Waals surface area contributed by atoms with Gasteiger partial charge in [0.05, 0.1) is 11.7 Å². The largest absolute Gasteiger partial charge is 0.299 e. The van der Waals surface area contributed by atoms with E-state index in [0.29, 0.717) is 24.7 Å². The number of nitrogens with zero attached hydrogens (tertiary/aromatic N) is 3. The van der Waals surface area contributed by atoms with Crippen molar-refractivity contribution in [3.8, 4) is 0 Å². The first kappa shape index (κ1) is 17.8. The van der Waals surface area contributed by atoms with Crippen molar-refractivity contribution in [3.05, 3.63) is 11.9 Å². The molecule has 1 aliphatic rings. The number of rotatable bonds is 7. The third-order valence-corrected chi connectivity index (χ3v) is 4.87. The van der Waals surface area contributed by atoms with Crippen LogP contribution in [-0.2, 0) is 16.0 Å². The molecule has 0 aliphatic heterocycles. The number of carbonyl (C=O) groups is 2. The molecule has 5 nitrogen and oxygen atoms in total. The standard InChI is InChI=1S/C18H29N3O2/c1-12(2)17(22)10-7-15-11-21(20-19-15)16-8-5-14(6-9-16)18(23)13(3)4/h11-14,16H,5-10H2,1-4H3. The molecule has 5 heteroatoms. The van der Waals surface area contributed by atoms with E-state index in [1.807, 2.05) is 38.6 Å². The molecular formula is C18H29N3O2. The monoisotopic (exact) mass is 319 g/mol. The summed E-state index contributed by atoms with van der Waals surface area (Å²) in [6, 6.07) is 0.341. The van der Waals surface area contributed by atoms with Gasteiger partial charge in [-0.2, -0.15) is 0 Å². The van der Waals surface area contributed by atoms with Gasteiger partial charge in [-0.05, 0) is 25.7 Å². The zero-order chi connectivity index (χ0) is 17.0. The molecule has 0 aromatic carbocycles. The van der Waals surface area contributed by atoms with Crippen LogP contribution in [-0.4, -0.2) is 26.6 Å². The number of hydrogen-bond donors (Lipinski definition) is 0. The second-order valence-corrected chi connectivity index (χ2v) is 7.37. The summed E-state index contributed by atoms with van der Waals surface area (Å²) in [6.45, 7) is 7.82. The molecule has 0 amide bonds. The number of ketones is 2. The molecule has 1 aromatic rings. The van der Waals surface area contributed by atoms with Gasteiger partial charge < -0.3 is 0 Å². The van der Waals surface area contributed by atoms with Crippen molar-refractivity contribution in [3.63, 3.8) is 0 Å². The Labute approximate surface area is 138 Å². The Balaban J connectivity index is 1.85. The molecule has 0 radical (unpaired) electrons. The zero-order valence-corrected chi connectivity index (χ0v) is 14.8. The van der Waals surface area contributed by atoms with Crippen LogP contribution >= 0.6 is 0 Å². The highest BCUT2D eigenvalue weighted by molar-refractivity contribution is 5.82. The maximum absolute atomic E-state index is 12.1. The van der Waals surface area contributed by atoms with Gasteiger partial charge in [0, 0.05) is 36.8 Å². The van der Waals surface area contributed by atoms with Gasteiger partial charge in [0.25, 0.3) is 0 Å². The minimum atomic E-state index is 0.0822. The van der Waals surface area contributed by atoms with Gasteiger partial charge in [0.2, 0.25) is 0 Å². The van der Waals surface area contributed by atoms with E-state index in [-0.39, 0.29) is 23.5 Å². The zero-order valence-electron chi connectivity index (χ0n) is 14.8. The number of hydrogen-bond acceptors (Lipinski definition) is 4. The molecule has 0 unspecified atom stereocenters. The number of Topliss-reactive ketones (excluding diaryl/α,β-unsaturated/α-hetero) is 2. The van der Waals surface area contributed by atoms with Crippen LogP contribution in [0.4, 0.5) is 0 Å². The van der Waals surface area contributed by atoms with Crippen LogP contribution in [0.25, 0.3) is 0 Å². The smallest absolute Gasteiger partial charge is 0.138 e. The average Bonchev–Trinajstić information content (AvgIpc) is 3.00. The molecule has 1 saturated carbocycles. The van der Waals surface area contributed by atoms with Crippen LogP contribution in [0.1, 0.15) is 71.5 Å². The van der Waals surface area contributed by atoms with Gasteiger partial charge in [-0.1, -0.05) is 32.9 Å². The molecule has 0 N–H and O–H groups in total. The van der Waals surface area contributed by atoms with Crippen LogP contribution < -0.4 is 0 Å². The lowest BCUT2D eigenvalue weighted by Crippen LogP contribution is -2.26. The van der Waals surface area contributed by atoms with E-state index in [4.69, 9.17) is 0 Å². The first-order valence-electron chi connectivity index (χ1n) is 8.85. The third kappa shape index (κ3) is 4.72. The van der Waals surface area contributed by atoms with Crippen molar-refractivity contribution in [2.45, 2.75) is 72.3 Å². The van der Waals surface area contributed by atoms with E-state index >= 15 is 0 Å². The summed E-state index contributed by atoms with van der Waals surface area (Å²) in [7, 11) is 0. The summed E-state index contributed by atoms with van der Waals surface area (Å²) in [4.78, 5) is 23.8. The second-order valence-electron chi connectivity index (χ2n) is 7.37. The highest BCUT2D eigenvalue weighted by Gasteiger charge is 2.28. The van der Waals surface area contributed by atoms with E-state index in [2.05, 4.69) is 10.3 Å². The van der Waals surface area contributed by atoms with Crippen LogP contribution in [0.5, 0.6) is 0 Å². The molecular weight excluding hydrogens is 290 g/mol. The Bertz CT molecular complexity index is 540. The predicted molar refractivity (Wildman–Crippen MR) is 89.0 cm³/mol. The molecule has 2 rings (SSSR count). The minimum absolute atomic E-state index is 0.0822. The molecule has 1 aliphatic carbocycles. The first-order valence-corrected chi connectivity index (χ1v) is 8.85. The Kier molecular flexibility index (Phi) is 6.08. The fourth-order valence-electron chi connectivity index (χ4n) is 3.24. The fraction of sp³-hybridized carbons (Fsp3) is 0.778. The Morgan fingerprint density at radius 2 is 1.78 bits per heavy atom. The molecule has 0 saturated heterocycles. The third-order valence-electron chi connectivity index (χ3n) is 4.87. The SMILES string of the molecule is CC(C)C(=O)CCc1cn(C2CCC(C(=O)C(C)C)CC2)nn1. The first-order chi connectivity index (χ1) is 10.9. The van der Waals surface area contributed by atoms with Crippen LogP contribution in [0.15, 0.2) is 6.20 Å². The Morgan fingerprint density at radius 1 is 1.13 bits per heavy atom. The normalized spacial score (nSPS) is 21.8. The van der Waals surface area contributed by atoms with Crippen molar-refractivity contribution in [2.75, 3.05) is 0 Å². The maximum Gasteiger partial charge on any atom is 0.138 e. The van der Waals surface area contributed by atoms with Crippen LogP contribution in [0.3, 0.4) is 0 Å². The molecule has 0 bridgehead atoms. The number of aromatic nitrogens is 3. The van der Waals surface area contributed by atoms with Crippen molar-refractivity contribution >= 4 is 11.6 Å². The lowest BCUT2D eigenvalue weighted by molar-refractivity contribution is -0.127. The lowest BCUT2D eigenvalue weighted by atomic mass is 9.80. The van der Waals surface area contributed by atoms with Crippen LogP contribution in [0, 0.1) is 17.8 Å². The summed E-state index contributed by atoms with van der Waals surface area (Å²) in [5, 5.41) is 8.44. The Morgan fingerprint density at radius 3 is 2.35 bits per heavy atom. The topological polar surface area (TPSA) is 64.8 Å². The summed E-state index contributed by atoms with van der Waals surface area (Å²) >= 11 is 0. The summed E-state index contributed by atoms with van der Waals surface area (Å²) < 4.78 is 1.94. The quantitative estimate of drug-likeness (QED) is 0.772. The van der Waals surface area contributed by atoms with Gasteiger partial charge in [-0.25, -0.2) is 4.68 Å². The average molecular weight is 319 g/mol. The van der Waals surface area contributed by atoms with Crippen LogP contribution in [0.2, 0.25) is 0 Å². The Hall–Kier alpha value is -1.52. The highest BCUT2D eigenvalue weighted by Crippen LogP contribution is 2.33.